The molecule has 0 aliphatic heterocycles. The second-order valence-electron chi connectivity index (χ2n) is 4.90. The highest BCUT2D eigenvalue weighted by molar-refractivity contribution is 9.10. The highest BCUT2D eigenvalue weighted by Gasteiger charge is 1.98. The number of nitrogens with zero attached hydrogens (tertiary/aromatic N) is 1. The minimum absolute atomic E-state index is 0.448. The Morgan fingerprint density at radius 3 is 2.52 bits per heavy atom. The molecule has 0 amide bonds. The average molecular weight is 384 g/mol. The van der Waals surface area contributed by atoms with Crippen molar-refractivity contribution >= 4 is 55.9 Å². The predicted octanol–water partition coefficient (Wildman–Crippen LogP) is 4.92. The zero-order valence-electron chi connectivity index (χ0n) is 12.2. The Morgan fingerprint density at radius 1 is 0.957 bits per heavy atom. The molecule has 0 atom stereocenters. The van der Waals surface area contributed by atoms with Crippen molar-refractivity contribution in [3.63, 3.8) is 0 Å². The number of hydrazone groups is 1. The molecule has 2 N–H and O–H groups in total. The van der Waals surface area contributed by atoms with Crippen molar-refractivity contribution in [3.8, 4) is 0 Å². The van der Waals surface area contributed by atoms with Crippen molar-refractivity contribution in [1.29, 1.82) is 0 Å². The van der Waals surface area contributed by atoms with E-state index in [1.54, 1.807) is 6.21 Å². The number of hydrogen-bond donors (Lipinski definition) is 2. The molecule has 5 heteroatoms. The van der Waals surface area contributed by atoms with Crippen LogP contribution < -0.4 is 10.7 Å². The lowest BCUT2D eigenvalue weighted by molar-refractivity contribution is 1.05. The third kappa shape index (κ3) is 4.15. The summed E-state index contributed by atoms with van der Waals surface area (Å²) in [6.45, 7) is 0. The number of nitrogens with one attached hydrogen (secondary N) is 2. The molecular formula is C18H14BrN3S. The maximum absolute atomic E-state index is 5.23. The molecule has 0 saturated heterocycles. The number of fused-ring (bicyclic) bond motifs is 1. The van der Waals surface area contributed by atoms with Gasteiger partial charge in [0.15, 0.2) is 5.11 Å². The highest BCUT2D eigenvalue weighted by Crippen LogP contribution is 2.17. The van der Waals surface area contributed by atoms with Gasteiger partial charge in [-0.3, -0.25) is 5.43 Å². The monoisotopic (exact) mass is 383 g/mol. The van der Waals surface area contributed by atoms with Crippen LogP contribution >= 0.6 is 28.1 Å². The Bertz CT molecular complexity index is 854. The molecule has 3 aromatic rings. The molecule has 3 rings (SSSR count). The summed E-state index contributed by atoms with van der Waals surface area (Å²) in [5.74, 6) is 0. The van der Waals surface area contributed by atoms with Crippen molar-refractivity contribution in [2.24, 2.45) is 5.10 Å². The second-order valence-corrected chi connectivity index (χ2v) is 6.22. The van der Waals surface area contributed by atoms with E-state index in [0.29, 0.717) is 5.11 Å². The Balaban J connectivity index is 1.66. The molecular weight excluding hydrogens is 370 g/mol. The van der Waals surface area contributed by atoms with Gasteiger partial charge < -0.3 is 5.32 Å². The van der Waals surface area contributed by atoms with Crippen LogP contribution in [-0.4, -0.2) is 11.3 Å². The van der Waals surface area contributed by atoms with Crippen molar-refractivity contribution in [1.82, 2.24) is 5.43 Å². The molecule has 0 spiro atoms. The van der Waals surface area contributed by atoms with Gasteiger partial charge >= 0.3 is 0 Å². The zero-order chi connectivity index (χ0) is 16.1. The van der Waals surface area contributed by atoms with E-state index in [1.807, 2.05) is 48.5 Å². The number of rotatable bonds is 3. The van der Waals surface area contributed by atoms with Crippen LogP contribution in [0.2, 0.25) is 0 Å². The van der Waals surface area contributed by atoms with E-state index in [2.05, 4.69) is 50.0 Å². The molecule has 3 nitrogen and oxygen atoms in total. The summed E-state index contributed by atoms with van der Waals surface area (Å²) in [5, 5.41) is 10.1. The maximum atomic E-state index is 5.23. The van der Waals surface area contributed by atoms with Crippen LogP contribution in [0.15, 0.2) is 76.3 Å². The fraction of sp³-hybridized carbons (Fsp3) is 0. The predicted molar refractivity (Wildman–Crippen MR) is 105 cm³/mol. The molecule has 0 radical (unpaired) electrons. The lowest BCUT2D eigenvalue weighted by Gasteiger charge is -2.07. The molecule has 114 valence electrons. The summed E-state index contributed by atoms with van der Waals surface area (Å²) in [7, 11) is 0. The molecule has 3 aromatic carbocycles. The summed E-state index contributed by atoms with van der Waals surface area (Å²) >= 11 is 8.63. The van der Waals surface area contributed by atoms with Crippen molar-refractivity contribution in [3.05, 3.63) is 76.8 Å². The van der Waals surface area contributed by atoms with E-state index < -0.39 is 0 Å². The summed E-state index contributed by atoms with van der Waals surface area (Å²) < 4.78 is 1.02. The van der Waals surface area contributed by atoms with Gasteiger partial charge in [-0.05, 0) is 47.3 Å². The van der Waals surface area contributed by atoms with Gasteiger partial charge in [0.05, 0.1) is 6.21 Å². The normalized spacial score (nSPS) is 10.8. The van der Waals surface area contributed by atoms with Gasteiger partial charge in [-0.2, -0.15) is 5.10 Å². The van der Waals surface area contributed by atoms with Gasteiger partial charge in [-0.1, -0.05) is 58.4 Å². The van der Waals surface area contributed by atoms with Gasteiger partial charge in [-0.25, -0.2) is 0 Å². The molecule has 0 fully saturated rings. The van der Waals surface area contributed by atoms with E-state index in [-0.39, 0.29) is 0 Å². The summed E-state index contributed by atoms with van der Waals surface area (Å²) in [6.07, 6.45) is 1.78. The second kappa shape index (κ2) is 7.35. The minimum atomic E-state index is 0.448. The molecule has 0 bridgehead atoms. The van der Waals surface area contributed by atoms with Gasteiger partial charge in [-0.15, -0.1) is 0 Å². The zero-order valence-corrected chi connectivity index (χ0v) is 14.6. The fourth-order valence-corrected chi connectivity index (χ4v) is 2.65. The van der Waals surface area contributed by atoms with Crippen LogP contribution in [0.4, 0.5) is 5.69 Å². The summed E-state index contributed by atoms with van der Waals surface area (Å²) in [6, 6.07) is 22.1. The quantitative estimate of drug-likeness (QED) is 0.382. The van der Waals surface area contributed by atoms with E-state index >= 15 is 0 Å². The first-order valence-corrected chi connectivity index (χ1v) is 8.26. The van der Waals surface area contributed by atoms with Crippen LogP contribution in [0.3, 0.4) is 0 Å². The van der Waals surface area contributed by atoms with Gasteiger partial charge in [0.2, 0.25) is 0 Å². The van der Waals surface area contributed by atoms with Crippen molar-refractivity contribution in [2.75, 3.05) is 5.32 Å². The molecule has 0 heterocycles. The number of thiocarbonyl (C=S) groups is 1. The molecule has 0 aliphatic rings. The standard InChI is InChI=1S/C18H14BrN3S/c19-15-8-10-16(11-9-15)21-18(23)22-20-12-14-6-3-5-13-4-1-2-7-17(13)14/h1-12H,(H2,21,22,23)/b20-12-. The Hall–Kier alpha value is -2.24. The molecule has 23 heavy (non-hydrogen) atoms. The number of hydrogen-bond acceptors (Lipinski definition) is 2. The van der Waals surface area contributed by atoms with Crippen molar-refractivity contribution < 1.29 is 0 Å². The van der Waals surface area contributed by atoms with Crippen LogP contribution in [0.5, 0.6) is 0 Å². The third-order valence-electron chi connectivity index (χ3n) is 3.30. The van der Waals surface area contributed by atoms with Crippen LogP contribution in [-0.2, 0) is 0 Å². The van der Waals surface area contributed by atoms with Gasteiger partial charge in [0.25, 0.3) is 0 Å². The number of halogens is 1. The van der Waals surface area contributed by atoms with E-state index in [1.165, 1.54) is 5.39 Å². The first-order chi connectivity index (χ1) is 11.2. The average Bonchev–Trinajstić information content (AvgIpc) is 2.57. The number of benzene rings is 3. The third-order valence-corrected chi connectivity index (χ3v) is 4.02. The van der Waals surface area contributed by atoms with E-state index in [0.717, 1.165) is 21.1 Å². The molecule has 0 aliphatic carbocycles. The molecule has 0 unspecified atom stereocenters. The van der Waals surface area contributed by atoms with Gasteiger partial charge in [0.1, 0.15) is 0 Å². The van der Waals surface area contributed by atoms with Crippen LogP contribution in [0, 0.1) is 0 Å². The SMILES string of the molecule is S=C(N/N=C\c1cccc2ccccc12)Nc1ccc(Br)cc1. The van der Waals surface area contributed by atoms with Crippen LogP contribution in [0.25, 0.3) is 10.8 Å². The Kier molecular flexibility index (Phi) is 5.00. The smallest absolute Gasteiger partial charge is 0.191 e. The van der Waals surface area contributed by atoms with E-state index in [9.17, 15) is 0 Å². The van der Waals surface area contributed by atoms with Gasteiger partial charge in [0, 0.05) is 15.7 Å². The fourth-order valence-electron chi connectivity index (χ4n) is 2.22. The van der Waals surface area contributed by atoms with E-state index in [4.69, 9.17) is 12.2 Å². The minimum Gasteiger partial charge on any atom is -0.331 e. The lowest BCUT2D eigenvalue weighted by atomic mass is 10.1. The largest absolute Gasteiger partial charge is 0.331 e. The summed E-state index contributed by atoms with van der Waals surface area (Å²) in [4.78, 5) is 0. The molecule has 0 aromatic heterocycles. The lowest BCUT2D eigenvalue weighted by Crippen LogP contribution is -2.23. The highest BCUT2D eigenvalue weighted by atomic mass is 79.9. The van der Waals surface area contributed by atoms with Crippen LogP contribution in [0.1, 0.15) is 5.56 Å². The Morgan fingerprint density at radius 2 is 1.70 bits per heavy atom. The van der Waals surface area contributed by atoms with Crippen molar-refractivity contribution in [2.45, 2.75) is 0 Å². The topological polar surface area (TPSA) is 36.4 Å². The first kappa shape index (κ1) is 15.6. The number of anilines is 1. The first-order valence-electron chi connectivity index (χ1n) is 7.06. The maximum Gasteiger partial charge on any atom is 0.191 e. The molecule has 0 saturated carbocycles. The Labute approximate surface area is 148 Å². The summed E-state index contributed by atoms with van der Waals surface area (Å²) in [5.41, 5.74) is 4.79.